The third-order valence-corrected chi connectivity index (χ3v) is 3.30. The molecule has 0 saturated heterocycles. The van der Waals surface area contributed by atoms with Crippen LogP contribution in [0.4, 0.5) is 13.2 Å². The van der Waals surface area contributed by atoms with E-state index in [0.717, 1.165) is 4.88 Å². The Morgan fingerprint density at radius 3 is 2.81 bits per heavy atom. The predicted octanol–water partition coefficient (Wildman–Crippen LogP) is 2.96. The van der Waals surface area contributed by atoms with E-state index in [2.05, 4.69) is 5.32 Å². The third kappa shape index (κ3) is 5.39. The highest BCUT2D eigenvalue weighted by molar-refractivity contribution is 8.00. The van der Waals surface area contributed by atoms with Gasteiger partial charge in [-0.05, 0) is 17.8 Å². The average molecular weight is 266 g/mol. The zero-order chi connectivity index (χ0) is 12.0. The fraction of sp³-hybridized carbons (Fsp3) is 0.444. The summed E-state index contributed by atoms with van der Waals surface area (Å²) in [7, 11) is 0. The van der Waals surface area contributed by atoms with Crippen molar-refractivity contribution >= 4 is 23.1 Å². The number of hydrogen-bond donors (Lipinski definition) is 1. The molecule has 1 aromatic heterocycles. The van der Waals surface area contributed by atoms with Gasteiger partial charge < -0.3 is 5.32 Å². The first-order valence-corrected chi connectivity index (χ1v) is 6.27. The molecule has 0 aliphatic heterocycles. The normalized spacial score (nSPS) is 11.4. The quantitative estimate of drug-likeness (QED) is 0.832. The van der Waals surface area contributed by atoms with Gasteiger partial charge in [-0.25, -0.2) is 0 Å². The minimum Gasteiger partial charge on any atom is -0.311 e. The van der Waals surface area contributed by atoms with Crippen LogP contribution in [0.1, 0.15) is 10.4 Å². The molecule has 1 aromatic rings. The SMILES string of the molecule is N#Cc1csc(CNCCSC(F)(F)F)c1. The van der Waals surface area contributed by atoms with Crippen LogP contribution < -0.4 is 5.32 Å². The average Bonchev–Trinajstić information content (AvgIpc) is 2.63. The lowest BCUT2D eigenvalue weighted by molar-refractivity contribution is -0.0327. The molecule has 2 nitrogen and oxygen atoms in total. The highest BCUT2D eigenvalue weighted by Gasteiger charge is 2.27. The molecule has 0 saturated carbocycles. The molecule has 16 heavy (non-hydrogen) atoms. The van der Waals surface area contributed by atoms with Crippen LogP contribution in [0.3, 0.4) is 0 Å². The molecule has 0 spiro atoms. The molecule has 0 bridgehead atoms. The molecule has 0 aliphatic rings. The molecule has 88 valence electrons. The lowest BCUT2D eigenvalue weighted by Gasteiger charge is -2.05. The Balaban J connectivity index is 2.14. The molecule has 0 aromatic carbocycles. The molecule has 0 aliphatic carbocycles. The number of hydrogen-bond acceptors (Lipinski definition) is 4. The number of halogens is 3. The van der Waals surface area contributed by atoms with Crippen molar-refractivity contribution < 1.29 is 13.2 Å². The molecule has 1 rings (SSSR count). The van der Waals surface area contributed by atoms with E-state index in [0.29, 0.717) is 18.7 Å². The Bertz CT molecular complexity index is 368. The van der Waals surface area contributed by atoms with Crippen molar-refractivity contribution in [3.05, 3.63) is 21.9 Å². The molecule has 0 unspecified atom stereocenters. The molecule has 0 atom stereocenters. The minimum absolute atomic E-state index is 0.0000175. The smallest absolute Gasteiger partial charge is 0.311 e. The third-order valence-electron chi connectivity index (χ3n) is 1.63. The Kier molecular flexibility index (Phi) is 5.12. The van der Waals surface area contributed by atoms with E-state index in [1.54, 1.807) is 11.4 Å². The van der Waals surface area contributed by atoms with Gasteiger partial charge >= 0.3 is 5.51 Å². The van der Waals surface area contributed by atoms with Crippen molar-refractivity contribution in [2.45, 2.75) is 12.1 Å². The molecular weight excluding hydrogens is 257 g/mol. The van der Waals surface area contributed by atoms with Crippen LogP contribution in [-0.2, 0) is 6.54 Å². The second-order valence-electron chi connectivity index (χ2n) is 2.88. The van der Waals surface area contributed by atoms with Gasteiger partial charge in [0.15, 0.2) is 0 Å². The van der Waals surface area contributed by atoms with Gasteiger partial charge in [-0.2, -0.15) is 18.4 Å². The van der Waals surface area contributed by atoms with Crippen LogP contribution in [0.15, 0.2) is 11.4 Å². The van der Waals surface area contributed by atoms with Crippen molar-refractivity contribution in [1.82, 2.24) is 5.32 Å². The van der Waals surface area contributed by atoms with Gasteiger partial charge in [-0.3, -0.25) is 0 Å². The molecule has 0 radical (unpaired) electrons. The fourth-order valence-corrected chi connectivity index (χ4v) is 2.24. The molecule has 1 N–H and O–H groups in total. The topological polar surface area (TPSA) is 35.8 Å². The number of nitriles is 1. The summed E-state index contributed by atoms with van der Waals surface area (Å²) >= 11 is 1.39. The van der Waals surface area contributed by atoms with Crippen LogP contribution in [-0.4, -0.2) is 17.8 Å². The standard InChI is InChI=1S/C9H9F3N2S2/c10-9(11,12)16-2-1-14-5-8-3-7(4-13)6-15-8/h3,6,14H,1-2,5H2. The summed E-state index contributed by atoms with van der Waals surface area (Å²) in [4.78, 5) is 0.952. The van der Waals surface area contributed by atoms with E-state index in [1.807, 2.05) is 6.07 Å². The van der Waals surface area contributed by atoms with Crippen LogP contribution in [0, 0.1) is 11.3 Å². The Morgan fingerprint density at radius 2 is 2.25 bits per heavy atom. The van der Waals surface area contributed by atoms with Crippen molar-refractivity contribution in [2.24, 2.45) is 0 Å². The van der Waals surface area contributed by atoms with Gasteiger partial charge in [0.25, 0.3) is 0 Å². The van der Waals surface area contributed by atoms with Gasteiger partial charge in [-0.1, -0.05) is 0 Å². The first kappa shape index (κ1) is 13.4. The molecular formula is C9H9F3N2S2. The van der Waals surface area contributed by atoms with Crippen molar-refractivity contribution in [2.75, 3.05) is 12.3 Å². The van der Waals surface area contributed by atoms with E-state index in [4.69, 9.17) is 5.26 Å². The van der Waals surface area contributed by atoms with Crippen molar-refractivity contribution in [3.8, 4) is 6.07 Å². The largest absolute Gasteiger partial charge is 0.441 e. The second-order valence-corrected chi connectivity index (χ2v) is 5.04. The van der Waals surface area contributed by atoms with Crippen molar-refractivity contribution in [1.29, 1.82) is 5.26 Å². The number of nitrogens with one attached hydrogen (secondary N) is 1. The van der Waals surface area contributed by atoms with E-state index in [9.17, 15) is 13.2 Å². The minimum atomic E-state index is -4.15. The first-order chi connectivity index (χ1) is 7.51. The van der Waals surface area contributed by atoms with Crippen molar-refractivity contribution in [3.63, 3.8) is 0 Å². The number of nitrogens with zero attached hydrogens (tertiary/aromatic N) is 1. The van der Waals surface area contributed by atoms with Gasteiger partial charge in [0, 0.05) is 29.1 Å². The maximum absolute atomic E-state index is 11.8. The van der Waals surface area contributed by atoms with Crippen LogP contribution in [0.5, 0.6) is 0 Å². The van der Waals surface area contributed by atoms with Crippen LogP contribution in [0.25, 0.3) is 0 Å². The number of thioether (sulfide) groups is 1. The first-order valence-electron chi connectivity index (χ1n) is 4.40. The number of rotatable bonds is 5. The predicted molar refractivity (Wildman–Crippen MR) is 59.3 cm³/mol. The lowest BCUT2D eigenvalue weighted by atomic mass is 10.3. The molecule has 7 heteroatoms. The molecule has 1 heterocycles. The van der Waals surface area contributed by atoms with Gasteiger partial charge in [-0.15, -0.1) is 11.3 Å². The highest BCUT2D eigenvalue weighted by Crippen LogP contribution is 2.29. The second kappa shape index (κ2) is 6.13. The van der Waals surface area contributed by atoms with Gasteiger partial charge in [0.05, 0.1) is 5.56 Å². The number of thiophene rings is 1. The maximum Gasteiger partial charge on any atom is 0.441 e. The van der Waals surface area contributed by atoms with E-state index >= 15 is 0 Å². The zero-order valence-electron chi connectivity index (χ0n) is 8.17. The van der Waals surface area contributed by atoms with Gasteiger partial charge in [0.2, 0.25) is 0 Å². The zero-order valence-corrected chi connectivity index (χ0v) is 9.81. The number of alkyl halides is 3. The Labute approximate surface area is 99.5 Å². The summed E-state index contributed by atoms with van der Waals surface area (Å²) in [5.41, 5.74) is -3.56. The summed E-state index contributed by atoms with van der Waals surface area (Å²) in [6.45, 7) is 0.800. The van der Waals surface area contributed by atoms with E-state index in [1.165, 1.54) is 11.3 Å². The van der Waals surface area contributed by atoms with Crippen LogP contribution >= 0.6 is 23.1 Å². The van der Waals surface area contributed by atoms with Crippen LogP contribution in [0.2, 0.25) is 0 Å². The molecule has 0 amide bonds. The highest BCUT2D eigenvalue weighted by atomic mass is 32.2. The summed E-state index contributed by atoms with van der Waals surface area (Å²) in [6.07, 6.45) is 0. The summed E-state index contributed by atoms with van der Waals surface area (Å²) in [5, 5.41) is 13.2. The van der Waals surface area contributed by atoms with E-state index in [-0.39, 0.29) is 17.5 Å². The Hall–Kier alpha value is -0.710. The maximum atomic E-state index is 11.8. The summed E-state index contributed by atoms with van der Waals surface area (Å²) in [5.74, 6) is -0.0000175. The fourth-order valence-electron chi connectivity index (χ4n) is 0.982. The van der Waals surface area contributed by atoms with Gasteiger partial charge in [0.1, 0.15) is 6.07 Å². The summed E-state index contributed by atoms with van der Waals surface area (Å²) in [6, 6.07) is 3.73. The summed E-state index contributed by atoms with van der Waals surface area (Å²) < 4.78 is 35.3. The monoisotopic (exact) mass is 266 g/mol. The lowest BCUT2D eigenvalue weighted by Crippen LogP contribution is -2.17. The Morgan fingerprint density at radius 1 is 1.50 bits per heavy atom. The molecule has 0 fully saturated rings. The van der Waals surface area contributed by atoms with E-state index < -0.39 is 5.51 Å².